The van der Waals surface area contributed by atoms with Gasteiger partial charge in [0.25, 0.3) is 0 Å². The van der Waals surface area contributed by atoms with Crippen LogP contribution in [0.5, 0.6) is 0 Å². The Morgan fingerprint density at radius 3 is 2.57 bits per heavy atom. The van der Waals surface area contributed by atoms with E-state index in [0.717, 1.165) is 17.3 Å². The van der Waals surface area contributed by atoms with Crippen LogP contribution in [0.4, 0.5) is 0 Å². The van der Waals surface area contributed by atoms with Crippen LogP contribution in [0.15, 0.2) is 35.3 Å². The quantitative estimate of drug-likeness (QED) is 0.446. The third-order valence-corrected chi connectivity index (χ3v) is 2.72. The second kappa shape index (κ2) is 4.92. The highest BCUT2D eigenvalue weighted by Crippen LogP contribution is 2.36. The molecule has 0 bridgehead atoms. The number of rotatable bonds is 3. The smallest absolute Gasteiger partial charge is 0.152 e. The summed E-state index contributed by atoms with van der Waals surface area (Å²) in [6.45, 7) is 1.84. The lowest BCUT2D eigenvalue weighted by molar-refractivity contribution is 0.751. The zero-order valence-corrected chi connectivity index (χ0v) is 9.23. The molecular weight excluding hydrogens is 212 g/mol. The van der Waals surface area contributed by atoms with Gasteiger partial charge in [0.05, 0.1) is 5.16 Å². The Labute approximate surface area is 92.7 Å². The van der Waals surface area contributed by atoms with Crippen LogP contribution >= 0.6 is 24.0 Å². The molecule has 0 aliphatic heterocycles. The fourth-order valence-electron chi connectivity index (χ4n) is 1.07. The third-order valence-electron chi connectivity index (χ3n) is 1.81. The third kappa shape index (κ3) is 2.43. The summed E-state index contributed by atoms with van der Waals surface area (Å²) < 4.78 is 0. The van der Waals surface area contributed by atoms with Gasteiger partial charge in [0.1, 0.15) is 5.40 Å². The molecule has 0 radical (unpaired) electrons. The van der Waals surface area contributed by atoms with E-state index in [-0.39, 0.29) is 0 Å². The average Bonchev–Trinajstić information content (AvgIpc) is 2.20. The van der Waals surface area contributed by atoms with E-state index in [4.69, 9.17) is 5.26 Å². The predicted octanol–water partition coefficient (Wildman–Crippen LogP) is 3.18. The van der Waals surface area contributed by atoms with Gasteiger partial charge in [0.15, 0.2) is 4.87 Å². The van der Waals surface area contributed by atoms with Crippen molar-refractivity contribution < 1.29 is 0 Å². The lowest BCUT2D eigenvalue weighted by Gasteiger charge is -2.19. The highest BCUT2D eigenvalue weighted by Gasteiger charge is 2.26. The summed E-state index contributed by atoms with van der Waals surface area (Å²) in [5.41, 5.74) is 0.948. The summed E-state index contributed by atoms with van der Waals surface area (Å²) >= 11 is 5.64. The Hall–Kier alpha value is -1.14. The van der Waals surface area contributed by atoms with E-state index < -0.39 is 4.87 Å². The van der Waals surface area contributed by atoms with Crippen LogP contribution in [0.2, 0.25) is 0 Å². The molecule has 4 heteroatoms. The van der Waals surface area contributed by atoms with Gasteiger partial charge >= 0.3 is 0 Å². The Morgan fingerprint density at radius 1 is 1.43 bits per heavy atom. The van der Waals surface area contributed by atoms with Crippen LogP contribution in [-0.2, 0) is 4.87 Å². The largest absolute Gasteiger partial charge is 0.209 e. The molecule has 0 N–H and O–H groups in total. The van der Waals surface area contributed by atoms with Crippen molar-refractivity contribution in [2.24, 2.45) is 4.99 Å². The molecular formula is C10H8N2S2. The minimum Gasteiger partial charge on any atom is -0.209 e. The Morgan fingerprint density at radius 2 is 2.07 bits per heavy atom. The van der Waals surface area contributed by atoms with Crippen LogP contribution in [0, 0.1) is 10.7 Å². The number of thioether (sulfide) groups is 1. The zero-order chi connectivity index (χ0) is 10.4. The van der Waals surface area contributed by atoms with E-state index in [1.165, 1.54) is 0 Å². The standard InChI is InChI=1S/C10H8N2S2/c1-10(12-8-13,14-7-11)9-5-3-2-4-6-9/h2-6H,1H3. The molecule has 1 unspecified atom stereocenters. The lowest BCUT2D eigenvalue weighted by Crippen LogP contribution is -2.12. The summed E-state index contributed by atoms with van der Waals surface area (Å²) in [4.78, 5) is 3.38. The molecule has 1 aromatic carbocycles. The van der Waals surface area contributed by atoms with Gasteiger partial charge in [-0.15, -0.1) is 0 Å². The molecule has 0 aliphatic rings. The minimum absolute atomic E-state index is 0.641. The number of aliphatic imine (C=N–C) groups is 1. The molecule has 1 atom stereocenters. The molecule has 1 rings (SSSR count). The Balaban J connectivity index is 3.13. The van der Waals surface area contributed by atoms with Crippen molar-refractivity contribution in [3.8, 4) is 5.40 Å². The van der Waals surface area contributed by atoms with Crippen LogP contribution in [-0.4, -0.2) is 5.16 Å². The van der Waals surface area contributed by atoms with Crippen molar-refractivity contribution in [3.05, 3.63) is 35.9 Å². The first-order chi connectivity index (χ1) is 6.73. The van der Waals surface area contributed by atoms with Crippen LogP contribution < -0.4 is 0 Å². The number of benzene rings is 1. The van der Waals surface area contributed by atoms with Gasteiger partial charge in [0.2, 0.25) is 0 Å². The first kappa shape index (κ1) is 10.9. The van der Waals surface area contributed by atoms with Crippen molar-refractivity contribution in [1.29, 1.82) is 5.26 Å². The number of thiocyanates is 1. The van der Waals surface area contributed by atoms with Gasteiger partial charge in [-0.2, -0.15) is 5.26 Å². The molecule has 0 fully saturated rings. The monoisotopic (exact) mass is 220 g/mol. The van der Waals surface area contributed by atoms with E-state index in [2.05, 4.69) is 22.4 Å². The maximum atomic E-state index is 8.68. The van der Waals surface area contributed by atoms with Gasteiger partial charge in [-0.3, -0.25) is 0 Å². The first-order valence-electron chi connectivity index (χ1n) is 3.94. The highest BCUT2D eigenvalue weighted by atomic mass is 32.2. The fraction of sp³-hybridized carbons (Fsp3) is 0.200. The van der Waals surface area contributed by atoms with Gasteiger partial charge in [-0.05, 0) is 36.5 Å². The van der Waals surface area contributed by atoms with Crippen molar-refractivity contribution in [1.82, 2.24) is 0 Å². The summed E-state index contributed by atoms with van der Waals surface area (Å²) in [6.07, 6.45) is 0. The predicted molar refractivity (Wildman–Crippen MR) is 62.0 cm³/mol. The van der Waals surface area contributed by atoms with E-state index in [0.29, 0.717) is 0 Å². The lowest BCUT2D eigenvalue weighted by atomic mass is 10.1. The van der Waals surface area contributed by atoms with Gasteiger partial charge in [-0.25, -0.2) is 4.99 Å². The maximum absolute atomic E-state index is 8.68. The number of hydrogen-bond acceptors (Lipinski definition) is 4. The fourth-order valence-corrected chi connectivity index (χ4v) is 1.83. The van der Waals surface area contributed by atoms with E-state index in [1.807, 2.05) is 42.7 Å². The number of thiocarbonyl (C=S) groups is 1. The van der Waals surface area contributed by atoms with E-state index >= 15 is 0 Å². The molecule has 2 nitrogen and oxygen atoms in total. The van der Waals surface area contributed by atoms with Crippen molar-refractivity contribution >= 4 is 29.1 Å². The van der Waals surface area contributed by atoms with Crippen LogP contribution in [0.25, 0.3) is 0 Å². The van der Waals surface area contributed by atoms with Crippen molar-refractivity contribution in [3.63, 3.8) is 0 Å². The number of nitriles is 1. The number of isothiocyanates is 1. The van der Waals surface area contributed by atoms with E-state index in [1.54, 1.807) is 0 Å². The molecule has 0 saturated heterocycles. The molecule has 0 aromatic heterocycles. The molecule has 14 heavy (non-hydrogen) atoms. The van der Waals surface area contributed by atoms with Crippen LogP contribution in [0.3, 0.4) is 0 Å². The molecule has 1 aromatic rings. The number of hydrogen-bond donors (Lipinski definition) is 0. The average molecular weight is 220 g/mol. The van der Waals surface area contributed by atoms with E-state index in [9.17, 15) is 0 Å². The second-order valence-electron chi connectivity index (χ2n) is 2.75. The molecule has 0 spiro atoms. The zero-order valence-electron chi connectivity index (χ0n) is 7.60. The SMILES string of the molecule is CC(N=C=S)(SC#N)c1ccccc1. The first-order valence-corrected chi connectivity index (χ1v) is 5.17. The summed E-state index contributed by atoms with van der Waals surface area (Å²) in [6, 6.07) is 9.57. The molecule has 0 amide bonds. The topological polar surface area (TPSA) is 36.1 Å². The summed E-state index contributed by atoms with van der Waals surface area (Å²) in [5.74, 6) is 0. The summed E-state index contributed by atoms with van der Waals surface area (Å²) in [7, 11) is 0. The van der Waals surface area contributed by atoms with Crippen molar-refractivity contribution in [2.45, 2.75) is 11.8 Å². The molecule has 70 valence electrons. The van der Waals surface area contributed by atoms with Gasteiger partial charge in [0, 0.05) is 0 Å². The van der Waals surface area contributed by atoms with Crippen LogP contribution in [0.1, 0.15) is 12.5 Å². The number of nitrogens with zero attached hydrogens (tertiary/aromatic N) is 2. The highest BCUT2D eigenvalue weighted by molar-refractivity contribution is 8.04. The Kier molecular flexibility index (Phi) is 3.84. The minimum atomic E-state index is -0.641. The Bertz CT molecular complexity index is 390. The van der Waals surface area contributed by atoms with Crippen molar-refractivity contribution in [2.75, 3.05) is 0 Å². The summed E-state index contributed by atoms with van der Waals surface area (Å²) in [5, 5.41) is 13.0. The molecule has 0 aliphatic carbocycles. The maximum Gasteiger partial charge on any atom is 0.152 e. The molecule has 0 heterocycles. The van der Waals surface area contributed by atoms with Gasteiger partial charge in [-0.1, -0.05) is 30.3 Å². The van der Waals surface area contributed by atoms with Gasteiger partial charge < -0.3 is 0 Å². The normalized spacial score (nSPS) is 13.4. The second-order valence-corrected chi connectivity index (χ2v) is 4.11. The molecule has 0 saturated carbocycles.